The van der Waals surface area contributed by atoms with Gasteiger partial charge < -0.3 is 0 Å². The summed E-state index contributed by atoms with van der Waals surface area (Å²) < 4.78 is 25.8. The molecule has 0 amide bonds. The lowest BCUT2D eigenvalue weighted by Crippen LogP contribution is -2.03. The van der Waals surface area contributed by atoms with Crippen molar-refractivity contribution in [2.45, 2.75) is 6.54 Å². The van der Waals surface area contributed by atoms with Crippen LogP contribution in [0.3, 0.4) is 0 Å². The van der Waals surface area contributed by atoms with Crippen LogP contribution in [0.1, 0.15) is 5.56 Å². The fraction of sp³-hybridized carbons (Fsp3) is 0.143. The van der Waals surface area contributed by atoms with E-state index in [1.54, 1.807) is 22.6 Å². The maximum atomic E-state index is 13.1. The minimum absolute atomic E-state index is 0.00276. The normalized spacial score (nSPS) is 10.3. The predicted octanol–water partition coefficient (Wildman–Crippen LogP) is 2.81. The molecule has 1 aromatic rings. The van der Waals surface area contributed by atoms with E-state index in [-0.39, 0.29) is 10.1 Å². The Morgan fingerprint density at radius 1 is 1.42 bits per heavy atom. The van der Waals surface area contributed by atoms with Gasteiger partial charge in [-0.25, -0.2) is 13.6 Å². The highest BCUT2D eigenvalue weighted by Crippen LogP contribution is 2.18. The van der Waals surface area contributed by atoms with Crippen LogP contribution in [0.4, 0.5) is 8.78 Å². The van der Waals surface area contributed by atoms with Crippen molar-refractivity contribution in [3.63, 3.8) is 0 Å². The molecule has 0 heterocycles. The van der Waals surface area contributed by atoms with Gasteiger partial charge in [0.2, 0.25) is 0 Å². The Morgan fingerprint density at radius 3 is 2.67 bits per heavy atom. The van der Waals surface area contributed by atoms with Gasteiger partial charge in [-0.15, -0.1) is 0 Å². The Kier molecular flexibility index (Phi) is 3.67. The zero-order valence-corrected chi connectivity index (χ0v) is 8.79. The van der Waals surface area contributed by atoms with E-state index in [2.05, 4.69) is 4.84 Å². The second kappa shape index (κ2) is 4.34. The number of benzene rings is 1. The third-order valence-electron chi connectivity index (χ3n) is 1.37. The largest absolute Gasteiger partial charge is 0.229 e. The van der Waals surface area contributed by atoms with Gasteiger partial charge in [-0.1, -0.05) is 6.07 Å². The fourth-order valence-electron chi connectivity index (χ4n) is 0.774. The van der Waals surface area contributed by atoms with Gasteiger partial charge in [-0.05, 0) is 40.4 Å². The van der Waals surface area contributed by atoms with Gasteiger partial charge in [0, 0.05) is 12.1 Å². The first-order valence-corrected chi connectivity index (χ1v) is 4.58. The maximum absolute atomic E-state index is 13.1. The zero-order valence-electron chi connectivity index (χ0n) is 5.87. The van der Waals surface area contributed by atoms with Crippen LogP contribution in [-0.2, 0) is 6.54 Å². The van der Waals surface area contributed by atoms with E-state index in [9.17, 15) is 8.78 Å². The molecule has 0 saturated heterocycles. The molecular formula is C7H5ClF2IN. The van der Waals surface area contributed by atoms with Crippen LogP contribution in [0, 0.1) is 15.2 Å². The molecule has 0 unspecified atom stereocenters. The highest BCUT2D eigenvalue weighted by Gasteiger charge is 2.09. The van der Waals surface area contributed by atoms with Crippen LogP contribution < -0.4 is 4.84 Å². The summed E-state index contributed by atoms with van der Waals surface area (Å²) in [5.74, 6) is -1.10. The van der Waals surface area contributed by atoms with Crippen LogP contribution in [0.5, 0.6) is 0 Å². The molecule has 5 heteroatoms. The average molecular weight is 303 g/mol. The zero-order chi connectivity index (χ0) is 9.14. The molecule has 1 nitrogen and oxygen atoms in total. The molecule has 66 valence electrons. The minimum atomic E-state index is -0.552. The number of nitrogens with one attached hydrogen (secondary N) is 1. The van der Waals surface area contributed by atoms with E-state index in [4.69, 9.17) is 11.8 Å². The van der Waals surface area contributed by atoms with Gasteiger partial charge in [0.05, 0.1) is 3.57 Å². The first-order chi connectivity index (χ1) is 5.66. The molecule has 1 rings (SSSR count). The molecule has 0 aliphatic heterocycles. The lowest BCUT2D eigenvalue weighted by Gasteiger charge is -2.03. The van der Waals surface area contributed by atoms with Crippen LogP contribution >= 0.6 is 34.4 Å². The summed E-state index contributed by atoms with van der Waals surface area (Å²) in [5.41, 5.74) is 0.357. The molecule has 0 aliphatic rings. The standard InChI is InChI=1S/C7H5ClF2IN/c8-12-3-4-1-2-5(9)7(11)6(4)10/h1-2,12H,3H2. The number of halogens is 4. The van der Waals surface area contributed by atoms with Crippen molar-refractivity contribution >= 4 is 34.4 Å². The minimum Gasteiger partial charge on any atom is -0.229 e. The lowest BCUT2D eigenvalue weighted by atomic mass is 10.2. The van der Waals surface area contributed by atoms with Crippen molar-refractivity contribution < 1.29 is 8.78 Å². The molecular weight excluding hydrogens is 298 g/mol. The van der Waals surface area contributed by atoms with Gasteiger partial charge in [0.25, 0.3) is 0 Å². The summed E-state index contributed by atoms with van der Waals surface area (Å²) in [4.78, 5) is 2.28. The average Bonchev–Trinajstić information content (AvgIpc) is 2.07. The summed E-state index contributed by atoms with van der Waals surface area (Å²) in [7, 11) is 0. The molecule has 0 aliphatic carbocycles. The molecule has 1 aromatic carbocycles. The first kappa shape index (κ1) is 10.1. The Morgan fingerprint density at radius 2 is 2.08 bits per heavy atom. The topological polar surface area (TPSA) is 12.0 Å². The molecule has 0 spiro atoms. The van der Waals surface area contributed by atoms with Crippen LogP contribution in [0.25, 0.3) is 0 Å². The number of rotatable bonds is 2. The predicted molar refractivity (Wildman–Crippen MR) is 51.8 cm³/mol. The Hall–Kier alpha value is 0.0600. The van der Waals surface area contributed by atoms with Crippen LogP contribution in [0.2, 0.25) is 0 Å². The van der Waals surface area contributed by atoms with Crippen molar-refractivity contribution in [3.05, 3.63) is 32.9 Å². The quantitative estimate of drug-likeness (QED) is 0.503. The summed E-state index contributed by atoms with van der Waals surface area (Å²) in [6, 6.07) is 2.58. The maximum Gasteiger partial charge on any atom is 0.144 e. The van der Waals surface area contributed by atoms with Gasteiger partial charge in [0.15, 0.2) is 0 Å². The fourth-order valence-corrected chi connectivity index (χ4v) is 1.44. The molecule has 0 fully saturated rings. The van der Waals surface area contributed by atoms with E-state index in [1.165, 1.54) is 12.1 Å². The Labute approximate surface area is 87.4 Å². The third kappa shape index (κ3) is 2.05. The molecule has 1 N–H and O–H groups in total. The highest BCUT2D eigenvalue weighted by molar-refractivity contribution is 14.1. The SMILES string of the molecule is Fc1ccc(CNCl)c(F)c1I. The Bertz CT molecular complexity index is 293. The second-order valence-electron chi connectivity index (χ2n) is 2.14. The summed E-state index contributed by atoms with van der Waals surface area (Å²) in [6.45, 7) is 0.184. The first-order valence-electron chi connectivity index (χ1n) is 3.12. The second-order valence-corrected chi connectivity index (χ2v) is 3.49. The van der Waals surface area contributed by atoms with Crippen LogP contribution in [0.15, 0.2) is 12.1 Å². The molecule has 0 aromatic heterocycles. The van der Waals surface area contributed by atoms with E-state index in [0.717, 1.165) is 0 Å². The summed E-state index contributed by atoms with van der Waals surface area (Å²) in [5, 5.41) is 0. The highest BCUT2D eigenvalue weighted by atomic mass is 127. The van der Waals surface area contributed by atoms with Gasteiger partial charge in [-0.2, -0.15) is 0 Å². The van der Waals surface area contributed by atoms with Gasteiger partial charge in [0.1, 0.15) is 11.6 Å². The van der Waals surface area contributed by atoms with Crippen molar-refractivity contribution in [2.75, 3.05) is 0 Å². The molecule has 0 atom stereocenters. The monoisotopic (exact) mass is 303 g/mol. The van der Waals surface area contributed by atoms with E-state index >= 15 is 0 Å². The van der Waals surface area contributed by atoms with Crippen molar-refractivity contribution in [3.8, 4) is 0 Å². The number of hydrogen-bond donors (Lipinski definition) is 1. The van der Waals surface area contributed by atoms with Crippen molar-refractivity contribution in [1.82, 2.24) is 4.84 Å². The van der Waals surface area contributed by atoms with E-state index in [0.29, 0.717) is 5.56 Å². The molecule has 0 saturated carbocycles. The van der Waals surface area contributed by atoms with E-state index in [1.807, 2.05) is 0 Å². The van der Waals surface area contributed by atoms with Gasteiger partial charge >= 0.3 is 0 Å². The molecule has 0 radical (unpaired) electrons. The molecule has 12 heavy (non-hydrogen) atoms. The molecule has 0 bridgehead atoms. The van der Waals surface area contributed by atoms with Gasteiger partial charge in [-0.3, -0.25) is 0 Å². The van der Waals surface area contributed by atoms with Crippen LogP contribution in [-0.4, -0.2) is 0 Å². The number of hydrogen-bond acceptors (Lipinski definition) is 1. The van der Waals surface area contributed by atoms with Crippen molar-refractivity contribution in [2.24, 2.45) is 0 Å². The smallest absolute Gasteiger partial charge is 0.144 e. The third-order valence-corrected chi connectivity index (χ3v) is 2.49. The summed E-state index contributed by atoms with van der Waals surface area (Å²) in [6.07, 6.45) is 0. The Balaban J connectivity index is 3.08. The van der Waals surface area contributed by atoms with Crippen molar-refractivity contribution in [1.29, 1.82) is 0 Å². The summed E-state index contributed by atoms with van der Waals surface area (Å²) >= 11 is 6.80. The van der Waals surface area contributed by atoms with E-state index < -0.39 is 11.6 Å². The lowest BCUT2D eigenvalue weighted by molar-refractivity contribution is 0.558.